The van der Waals surface area contributed by atoms with Gasteiger partial charge in [0.05, 0.1) is 13.5 Å². The summed E-state index contributed by atoms with van der Waals surface area (Å²) >= 11 is 0. The Hall–Kier alpha value is -1.75. The minimum atomic E-state index is -0.856. The molecule has 0 bridgehead atoms. The molecule has 0 spiro atoms. The molecule has 0 radical (unpaired) electrons. The lowest BCUT2D eigenvalue weighted by atomic mass is 9.92. The maximum absolute atomic E-state index is 10.8. The molecule has 3 N–H and O–H groups in total. The van der Waals surface area contributed by atoms with Crippen molar-refractivity contribution in [3.05, 3.63) is 23.3 Å². The number of nitrogens with one attached hydrogen (secondary N) is 1. The summed E-state index contributed by atoms with van der Waals surface area (Å²) in [6, 6.07) is 3.13. The highest BCUT2D eigenvalue weighted by molar-refractivity contribution is 5.68. The lowest BCUT2D eigenvalue weighted by molar-refractivity contribution is -0.137. The Balaban J connectivity index is 2.37. The molecule has 1 heterocycles. The van der Waals surface area contributed by atoms with Gasteiger partial charge in [-0.15, -0.1) is 0 Å². The number of carbonyl (C=O) groups is 1. The van der Waals surface area contributed by atoms with Crippen molar-refractivity contribution in [2.24, 2.45) is 0 Å². The number of aromatic hydroxyl groups is 1. The first-order valence-electron chi connectivity index (χ1n) is 5.46. The normalized spacial score (nSPS) is 18.5. The van der Waals surface area contributed by atoms with Gasteiger partial charge in [-0.2, -0.15) is 0 Å². The Morgan fingerprint density at radius 2 is 2.35 bits per heavy atom. The molecule has 1 atom stereocenters. The van der Waals surface area contributed by atoms with E-state index >= 15 is 0 Å². The number of carboxylic acids is 1. The first-order chi connectivity index (χ1) is 8.11. The quantitative estimate of drug-likeness (QED) is 0.732. The van der Waals surface area contributed by atoms with Crippen molar-refractivity contribution < 1.29 is 19.7 Å². The summed E-state index contributed by atoms with van der Waals surface area (Å²) in [7, 11) is 1.50. The van der Waals surface area contributed by atoms with Crippen LogP contribution in [0.5, 0.6) is 11.5 Å². The molecule has 1 aromatic rings. The van der Waals surface area contributed by atoms with E-state index < -0.39 is 5.97 Å². The zero-order chi connectivity index (χ0) is 12.4. The van der Waals surface area contributed by atoms with E-state index in [-0.39, 0.29) is 18.2 Å². The number of benzene rings is 1. The van der Waals surface area contributed by atoms with Gasteiger partial charge < -0.3 is 20.3 Å². The largest absolute Gasteiger partial charge is 0.504 e. The van der Waals surface area contributed by atoms with Crippen LogP contribution in [0.15, 0.2) is 12.1 Å². The fourth-order valence-corrected chi connectivity index (χ4v) is 2.18. The Labute approximate surface area is 99.0 Å². The fourth-order valence-electron chi connectivity index (χ4n) is 2.18. The third-order valence-corrected chi connectivity index (χ3v) is 2.98. The van der Waals surface area contributed by atoms with Crippen LogP contribution in [0.3, 0.4) is 0 Å². The van der Waals surface area contributed by atoms with E-state index in [9.17, 15) is 9.90 Å². The lowest BCUT2D eigenvalue weighted by Crippen LogP contribution is -2.31. The number of hydrogen-bond acceptors (Lipinski definition) is 4. The number of rotatable bonds is 3. The van der Waals surface area contributed by atoms with E-state index in [0.717, 1.165) is 24.1 Å². The van der Waals surface area contributed by atoms with Crippen molar-refractivity contribution in [2.75, 3.05) is 13.7 Å². The second-order valence-electron chi connectivity index (χ2n) is 4.08. The molecule has 92 valence electrons. The van der Waals surface area contributed by atoms with Crippen molar-refractivity contribution in [1.29, 1.82) is 0 Å². The molecule has 1 aliphatic heterocycles. The maximum Gasteiger partial charge on any atom is 0.305 e. The highest BCUT2D eigenvalue weighted by Gasteiger charge is 2.23. The van der Waals surface area contributed by atoms with Crippen LogP contribution in [0.25, 0.3) is 0 Å². The van der Waals surface area contributed by atoms with Gasteiger partial charge in [-0.3, -0.25) is 4.79 Å². The zero-order valence-electron chi connectivity index (χ0n) is 9.56. The third-order valence-electron chi connectivity index (χ3n) is 2.98. The van der Waals surface area contributed by atoms with Crippen LogP contribution < -0.4 is 10.1 Å². The van der Waals surface area contributed by atoms with Crippen LogP contribution in [0, 0.1) is 0 Å². The zero-order valence-corrected chi connectivity index (χ0v) is 9.56. The van der Waals surface area contributed by atoms with Crippen molar-refractivity contribution in [3.63, 3.8) is 0 Å². The average molecular weight is 237 g/mol. The minimum absolute atomic E-state index is 0.0127. The first kappa shape index (κ1) is 11.7. The molecule has 0 amide bonds. The summed E-state index contributed by atoms with van der Waals surface area (Å²) < 4.78 is 5.04. The third kappa shape index (κ3) is 2.34. The Kier molecular flexibility index (Phi) is 3.19. The molecule has 5 heteroatoms. The summed E-state index contributed by atoms with van der Waals surface area (Å²) in [5.41, 5.74) is 1.88. The van der Waals surface area contributed by atoms with Crippen LogP contribution in [-0.4, -0.2) is 29.8 Å². The number of hydrogen-bond donors (Lipinski definition) is 3. The van der Waals surface area contributed by atoms with E-state index in [2.05, 4.69) is 5.32 Å². The van der Waals surface area contributed by atoms with Gasteiger partial charge in [-0.05, 0) is 36.2 Å². The van der Waals surface area contributed by atoms with Crippen molar-refractivity contribution in [3.8, 4) is 11.5 Å². The Morgan fingerprint density at radius 1 is 1.59 bits per heavy atom. The summed E-state index contributed by atoms with van der Waals surface area (Å²) in [4.78, 5) is 10.8. The number of aliphatic carboxylic acids is 1. The smallest absolute Gasteiger partial charge is 0.305 e. The van der Waals surface area contributed by atoms with E-state index in [1.54, 1.807) is 12.1 Å². The minimum Gasteiger partial charge on any atom is -0.504 e. The number of fused-ring (bicyclic) bond motifs is 1. The summed E-state index contributed by atoms with van der Waals surface area (Å²) in [5.74, 6) is -0.379. The van der Waals surface area contributed by atoms with E-state index in [1.165, 1.54) is 7.11 Å². The lowest BCUT2D eigenvalue weighted by Gasteiger charge is -2.26. The monoisotopic (exact) mass is 237 g/mol. The molecule has 0 saturated carbocycles. The van der Waals surface area contributed by atoms with Gasteiger partial charge in [-0.25, -0.2) is 0 Å². The molecule has 5 nitrogen and oxygen atoms in total. The van der Waals surface area contributed by atoms with Gasteiger partial charge in [0.15, 0.2) is 11.5 Å². The average Bonchev–Trinajstić information content (AvgIpc) is 2.28. The number of phenolic OH excluding ortho intramolecular Hbond substituents is 1. The van der Waals surface area contributed by atoms with Gasteiger partial charge in [0, 0.05) is 6.04 Å². The number of ether oxygens (including phenoxy) is 1. The Morgan fingerprint density at radius 3 is 3.00 bits per heavy atom. The van der Waals surface area contributed by atoms with Gasteiger partial charge in [0.25, 0.3) is 0 Å². The van der Waals surface area contributed by atoms with Crippen molar-refractivity contribution in [1.82, 2.24) is 5.32 Å². The summed E-state index contributed by atoms with van der Waals surface area (Å²) in [6.45, 7) is 0.735. The van der Waals surface area contributed by atoms with Gasteiger partial charge >= 0.3 is 5.97 Å². The molecule has 0 aliphatic carbocycles. The van der Waals surface area contributed by atoms with Crippen LogP contribution in [-0.2, 0) is 11.2 Å². The van der Waals surface area contributed by atoms with Crippen molar-refractivity contribution in [2.45, 2.75) is 18.9 Å². The van der Waals surface area contributed by atoms with E-state index in [4.69, 9.17) is 9.84 Å². The highest BCUT2D eigenvalue weighted by Crippen LogP contribution is 2.35. The second kappa shape index (κ2) is 4.63. The number of phenols is 1. The fraction of sp³-hybridized carbons (Fsp3) is 0.417. The van der Waals surface area contributed by atoms with Crippen molar-refractivity contribution >= 4 is 5.97 Å². The Bertz CT molecular complexity index is 444. The predicted octanol–water partition coefficient (Wildman–Crippen LogP) is 1.06. The molecule has 0 aromatic heterocycles. The molecule has 0 unspecified atom stereocenters. The van der Waals surface area contributed by atoms with Gasteiger partial charge in [-0.1, -0.05) is 0 Å². The molecule has 0 fully saturated rings. The molecule has 0 saturated heterocycles. The molecule has 17 heavy (non-hydrogen) atoms. The SMILES string of the molecule is COc1cc2c(cc1O)[C@@H](CC(=O)O)NCC2. The molecule has 2 rings (SSSR count). The topological polar surface area (TPSA) is 78.8 Å². The van der Waals surface area contributed by atoms with Gasteiger partial charge in [0.2, 0.25) is 0 Å². The summed E-state index contributed by atoms with van der Waals surface area (Å²) in [6.07, 6.45) is 0.820. The maximum atomic E-state index is 10.8. The second-order valence-corrected chi connectivity index (χ2v) is 4.08. The highest BCUT2D eigenvalue weighted by atomic mass is 16.5. The summed E-state index contributed by atoms with van der Waals surface area (Å²) in [5, 5.41) is 21.7. The van der Waals surface area contributed by atoms with Crippen LogP contribution >= 0.6 is 0 Å². The van der Waals surface area contributed by atoms with Gasteiger partial charge in [0.1, 0.15) is 0 Å². The van der Waals surface area contributed by atoms with Crippen LogP contribution in [0.1, 0.15) is 23.6 Å². The molecule has 1 aliphatic rings. The molecular weight excluding hydrogens is 222 g/mol. The standard InChI is InChI=1S/C12H15NO4/c1-17-11-4-7-2-3-13-9(6-12(15)16)8(7)5-10(11)14/h4-5,9,13-14H,2-3,6H2,1H3,(H,15,16)/t9-/m1/s1. The van der Waals surface area contributed by atoms with E-state index in [0.29, 0.717) is 5.75 Å². The predicted molar refractivity (Wildman–Crippen MR) is 61.4 cm³/mol. The van der Waals surface area contributed by atoms with Crippen LogP contribution in [0.4, 0.5) is 0 Å². The molecular formula is C12H15NO4. The van der Waals surface area contributed by atoms with Crippen LogP contribution in [0.2, 0.25) is 0 Å². The number of carboxylic acid groups (broad SMARTS) is 1. The first-order valence-corrected chi connectivity index (χ1v) is 5.46. The number of methoxy groups -OCH3 is 1. The molecule has 1 aromatic carbocycles. The van der Waals surface area contributed by atoms with E-state index in [1.807, 2.05) is 0 Å².